The molecular formula is C23H30N2O3. The minimum Gasteiger partial charge on any atom is -0.497 e. The monoisotopic (exact) mass is 382 g/mol. The Morgan fingerprint density at radius 1 is 0.857 bits per heavy atom. The molecule has 0 aliphatic heterocycles. The van der Waals surface area contributed by atoms with Gasteiger partial charge in [-0.25, -0.2) is 0 Å². The van der Waals surface area contributed by atoms with E-state index in [0.717, 1.165) is 24.2 Å². The summed E-state index contributed by atoms with van der Waals surface area (Å²) in [4.78, 5) is 24.9. The van der Waals surface area contributed by atoms with Gasteiger partial charge in [-0.2, -0.15) is 0 Å². The Bertz CT molecular complexity index is 772. The van der Waals surface area contributed by atoms with Crippen molar-refractivity contribution in [3.8, 4) is 5.75 Å². The van der Waals surface area contributed by atoms with Crippen LogP contribution in [0.5, 0.6) is 5.75 Å². The predicted octanol–water partition coefficient (Wildman–Crippen LogP) is 3.13. The fraction of sp³-hybridized carbons (Fsp3) is 0.391. The molecule has 5 heteroatoms. The summed E-state index contributed by atoms with van der Waals surface area (Å²) in [6.45, 7) is 4.33. The van der Waals surface area contributed by atoms with Crippen LogP contribution in [0, 0.1) is 5.41 Å². The van der Waals surface area contributed by atoms with Gasteiger partial charge in [-0.05, 0) is 56.4 Å². The molecule has 0 aliphatic rings. The van der Waals surface area contributed by atoms with E-state index >= 15 is 0 Å². The standard InChI is InChI=1S/C23H30N2O3/c1-23(2,21(26)24-15-8-12-18-9-5-4-6-10-18)22(27)25-16-14-19-11-7-13-20(17-19)28-3/h4-7,9-11,13,17H,8,12,14-16H2,1-3H3,(H,24,26)(H,25,27). The van der Waals surface area contributed by atoms with E-state index in [9.17, 15) is 9.59 Å². The molecular weight excluding hydrogens is 352 g/mol. The highest BCUT2D eigenvalue weighted by Crippen LogP contribution is 2.16. The van der Waals surface area contributed by atoms with Gasteiger partial charge >= 0.3 is 0 Å². The Labute approximate surface area is 167 Å². The molecule has 0 saturated carbocycles. The molecule has 0 atom stereocenters. The number of ether oxygens (including phenoxy) is 1. The van der Waals surface area contributed by atoms with Gasteiger partial charge in [0.2, 0.25) is 11.8 Å². The fourth-order valence-electron chi connectivity index (χ4n) is 2.83. The van der Waals surface area contributed by atoms with E-state index in [0.29, 0.717) is 19.5 Å². The molecule has 0 radical (unpaired) electrons. The van der Waals surface area contributed by atoms with E-state index in [1.807, 2.05) is 42.5 Å². The van der Waals surface area contributed by atoms with Crippen molar-refractivity contribution in [2.75, 3.05) is 20.2 Å². The number of aryl methyl sites for hydroxylation is 1. The van der Waals surface area contributed by atoms with Crippen molar-refractivity contribution in [3.05, 3.63) is 65.7 Å². The molecule has 0 unspecified atom stereocenters. The first-order chi connectivity index (χ1) is 13.4. The first-order valence-electron chi connectivity index (χ1n) is 9.67. The summed E-state index contributed by atoms with van der Waals surface area (Å²) in [6.07, 6.45) is 2.41. The number of benzene rings is 2. The quantitative estimate of drug-likeness (QED) is 0.490. The molecule has 0 saturated heterocycles. The average Bonchev–Trinajstić information content (AvgIpc) is 2.71. The third-order valence-electron chi connectivity index (χ3n) is 4.74. The molecule has 2 aromatic rings. The van der Waals surface area contributed by atoms with Gasteiger partial charge in [0.15, 0.2) is 0 Å². The molecule has 2 aromatic carbocycles. The smallest absolute Gasteiger partial charge is 0.235 e. The van der Waals surface area contributed by atoms with Crippen LogP contribution < -0.4 is 15.4 Å². The van der Waals surface area contributed by atoms with Crippen molar-refractivity contribution < 1.29 is 14.3 Å². The number of methoxy groups -OCH3 is 1. The normalized spacial score (nSPS) is 11.0. The van der Waals surface area contributed by atoms with Crippen LogP contribution in [0.4, 0.5) is 0 Å². The van der Waals surface area contributed by atoms with Crippen LogP contribution in [0.15, 0.2) is 54.6 Å². The lowest BCUT2D eigenvalue weighted by molar-refractivity contribution is -0.141. The van der Waals surface area contributed by atoms with E-state index in [2.05, 4.69) is 22.8 Å². The molecule has 0 bridgehead atoms. The molecule has 0 aliphatic carbocycles. The maximum absolute atomic E-state index is 12.5. The Kier molecular flexibility index (Phi) is 8.05. The van der Waals surface area contributed by atoms with Gasteiger partial charge in [0.1, 0.15) is 11.2 Å². The number of rotatable bonds is 10. The van der Waals surface area contributed by atoms with Crippen LogP contribution in [0.3, 0.4) is 0 Å². The minimum absolute atomic E-state index is 0.251. The van der Waals surface area contributed by atoms with Gasteiger partial charge in [-0.3, -0.25) is 9.59 Å². The largest absolute Gasteiger partial charge is 0.497 e. The fourth-order valence-corrected chi connectivity index (χ4v) is 2.83. The molecule has 2 rings (SSSR count). The van der Waals surface area contributed by atoms with Crippen molar-refractivity contribution in [2.45, 2.75) is 33.1 Å². The highest BCUT2D eigenvalue weighted by molar-refractivity contribution is 6.04. The lowest BCUT2D eigenvalue weighted by atomic mass is 9.91. The van der Waals surface area contributed by atoms with Crippen LogP contribution in [-0.2, 0) is 22.4 Å². The van der Waals surface area contributed by atoms with Crippen LogP contribution in [0.1, 0.15) is 31.4 Å². The van der Waals surface area contributed by atoms with E-state index in [4.69, 9.17) is 4.74 Å². The van der Waals surface area contributed by atoms with E-state index in [1.165, 1.54) is 5.56 Å². The Hall–Kier alpha value is -2.82. The first-order valence-corrected chi connectivity index (χ1v) is 9.67. The zero-order valence-corrected chi connectivity index (χ0v) is 17.0. The molecule has 150 valence electrons. The van der Waals surface area contributed by atoms with Gasteiger partial charge in [-0.1, -0.05) is 42.5 Å². The SMILES string of the molecule is COc1cccc(CCNC(=O)C(C)(C)C(=O)NCCCc2ccccc2)c1. The minimum atomic E-state index is -1.11. The number of hydrogen-bond donors (Lipinski definition) is 2. The van der Waals surface area contributed by atoms with E-state index in [-0.39, 0.29) is 11.8 Å². The van der Waals surface area contributed by atoms with Crippen molar-refractivity contribution in [1.82, 2.24) is 10.6 Å². The second-order valence-corrected chi connectivity index (χ2v) is 7.33. The summed E-state index contributed by atoms with van der Waals surface area (Å²) in [5, 5.41) is 5.75. The average molecular weight is 383 g/mol. The summed E-state index contributed by atoms with van der Waals surface area (Å²) < 4.78 is 5.20. The highest BCUT2D eigenvalue weighted by atomic mass is 16.5. The number of nitrogens with one attached hydrogen (secondary N) is 2. The zero-order chi connectivity index (χ0) is 20.4. The molecule has 5 nitrogen and oxygen atoms in total. The van der Waals surface area contributed by atoms with Gasteiger partial charge < -0.3 is 15.4 Å². The second-order valence-electron chi connectivity index (χ2n) is 7.33. The van der Waals surface area contributed by atoms with Crippen LogP contribution in [0.25, 0.3) is 0 Å². The molecule has 0 spiro atoms. The molecule has 0 fully saturated rings. The zero-order valence-electron chi connectivity index (χ0n) is 17.0. The molecule has 0 aromatic heterocycles. The second kappa shape index (κ2) is 10.5. The lowest BCUT2D eigenvalue weighted by Crippen LogP contribution is -2.48. The van der Waals surface area contributed by atoms with E-state index < -0.39 is 5.41 Å². The molecule has 0 heterocycles. The molecule has 2 amide bonds. The summed E-state index contributed by atoms with van der Waals surface area (Å²) in [6, 6.07) is 17.9. The Morgan fingerprint density at radius 3 is 2.18 bits per heavy atom. The first kappa shape index (κ1) is 21.5. The Morgan fingerprint density at radius 2 is 1.50 bits per heavy atom. The van der Waals surface area contributed by atoms with Crippen LogP contribution in [-0.4, -0.2) is 32.0 Å². The Balaban J connectivity index is 1.73. The van der Waals surface area contributed by atoms with Crippen LogP contribution in [0.2, 0.25) is 0 Å². The molecule has 2 N–H and O–H groups in total. The number of carbonyl (C=O) groups excluding carboxylic acids is 2. The maximum atomic E-state index is 12.5. The van der Waals surface area contributed by atoms with Crippen molar-refractivity contribution >= 4 is 11.8 Å². The van der Waals surface area contributed by atoms with Gasteiger partial charge in [-0.15, -0.1) is 0 Å². The predicted molar refractivity (Wildman–Crippen MR) is 111 cm³/mol. The summed E-state index contributed by atoms with van der Waals surface area (Å²) in [7, 11) is 1.63. The number of hydrogen-bond acceptors (Lipinski definition) is 3. The van der Waals surface area contributed by atoms with Crippen molar-refractivity contribution in [2.24, 2.45) is 5.41 Å². The topological polar surface area (TPSA) is 67.4 Å². The summed E-state index contributed by atoms with van der Waals surface area (Å²) in [5.74, 6) is 0.273. The number of amides is 2. The third-order valence-corrected chi connectivity index (χ3v) is 4.74. The van der Waals surface area contributed by atoms with Gasteiger partial charge in [0.25, 0.3) is 0 Å². The summed E-state index contributed by atoms with van der Waals surface area (Å²) in [5.41, 5.74) is 1.20. The number of carbonyl (C=O) groups is 2. The highest BCUT2D eigenvalue weighted by Gasteiger charge is 2.35. The summed E-state index contributed by atoms with van der Waals surface area (Å²) >= 11 is 0. The van der Waals surface area contributed by atoms with Crippen LogP contribution >= 0.6 is 0 Å². The van der Waals surface area contributed by atoms with Crippen molar-refractivity contribution in [3.63, 3.8) is 0 Å². The van der Waals surface area contributed by atoms with Gasteiger partial charge in [0.05, 0.1) is 7.11 Å². The maximum Gasteiger partial charge on any atom is 0.235 e. The van der Waals surface area contributed by atoms with Crippen molar-refractivity contribution in [1.29, 1.82) is 0 Å². The van der Waals surface area contributed by atoms with Gasteiger partial charge in [0, 0.05) is 13.1 Å². The third kappa shape index (κ3) is 6.41. The van der Waals surface area contributed by atoms with E-state index in [1.54, 1.807) is 21.0 Å². The lowest BCUT2D eigenvalue weighted by Gasteiger charge is -2.22. The molecule has 28 heavy (non-hydrogen) atoms.